The Morgan fingerprint density at radius 3 is 2.91 bits per heavy atom. The van der Waals surface area contributed by atoms with Crippen molar-refractivity contribution in [3.8, 4) is 11.5 Å². The molecule has 5 rings (SSSR count). The Kier molecular flexibility index (Phi) is 5.75. The summed E-state index contributed by atoms with van der Waals surface area (Å²) in [6.07, 6.45) is 1.89. The molecule has 164 valence electrons. The van der Waals surface area contributed by atoms with Crippen molar-refractivity contribution in [2.75, 3.05) is 5.75 Å². The first-order valence-corrected chi connectivity index (χ1v) is 12.2. The molecule has 1 aliphatic rings. The summed E-state index contributed by atoms with van der Waals surface area (Å²) >= 11 is 8.84. The van der Waals surface area contributed by atoms with E-state index in [1.54, 1.807) is 18.0 Å². The monoisotopic (exact) mass is 487 g/mol. The van der Waals surface area contributed by atoms with E-state index in [-0.39, 0.29) is 29.8 Å². The predicted octanol–water partition coefficient (Wildman–Crippen LogP) is 3.98. The highest BCUT2D eigenvalue weighted by atomic mass is 35.5. The van der Waals surface area contributed by atoms with Crippen LogP contribution in [0.15, 0.2) is 50.1 Å². The van der Waals surface area contributed by atoms with Gasteiger partial charge in [-0.25, -0.2) is 4.98 Å². The molecule has 0 unspecified atom stereocenters. The number of carbonyl (C=O) groups excluding carboxylic acids is 1. The topological polar surface area (TPSA) is 94.1 Å². The van der Waals surface area contributed by atoms with Gasteiger partial charge in [-0.2, -0.15) is 0 Å². The van der Waals surface area contributed by atoms with E-state index in [9.17, 15) is 9.59 Å². The van der Waals surface area contributed by atoms with Crippen LogP contribution in [0.3, 0.4) is 0 Å². The van der Waals surface area contributed by atoms with Crippen LogP contribution in [-0.2, 0) is 18.4 Å². The second-order valence-electron chi connectivity index (χ2n) is 7.42. The van der Waals surface area contributed by atoms with E-state index >= 15 is 0 Å². The van der Waals surface area contributed by atoms with Gasteiger partial charge >= 0.3 is 0 Å². The van der Waals surface area contributed by atoms with Crippen LogP contribution in [0.25, 0.3) is 21.7 Å². The van der Waals surface area contributed by atoms with E-state index in [4.69, 9.17) is 16.0 Å². The van der Waals surface area contributed by atoms with Crippen molar-refractivity contribution >= 4 is 50.8 Å². The molecule has 1 fully saturated rings. The average molecular weight is 488 g/mol. The van der Waals surface area contributed by atoms with Crippen LogP contribution in [0.2, 0.25) is 5.02 Å². The van der Waals surface area contributed by atoms with Gasteiger partial charge in [-0.15, -0.1) is 21.5 Å². The second kappa shape index (κ2) is 8.68. The fourth-order valence-corrected chi connectivity index (χ4v) is 5.20. The number of carbonyl (C=O) groups is 1. The molecule has 11 heteroatoms. The number of nitrogens with zero attached hydrogens (tertiary/aromatic N) is 5. The SMILES string of the molecule is Cn1c(SCC(=O)N(Cc2nnc(-c3ccccc3Cl)o2)C2CC2)nc2ccsc2c1=O. The molecule has 0 atom stereocenters. The zero-order valence-electron chi connectivity index (χ0n) is 17.0. The number of fused-ring (bicyclic) bond motifs is 1. The molecule has 3 aromatic heterocycles. The van der Waals surface area contributed by atoms with Crippen molar-refractivity contribution in [2.45, 2.75) is 30.6 Å². The van der Waals surface area contributed by atoms with E-state index in [1.807, 2.05) is 29.6 Å². The highest BCUT2D eigenvalue weighted by molar-refractivity contribution is 7.99. The van der Waals surface area contributed by atoms with Crippen LogP contribution in [0.1, 0.15) is 18.7 Å². The Hall–Kier alpha value is -2.69. The van der Waals surface area contributed by atoms with Crippen LogP contribution in [0.5, 0.6) is 0 Å². The molecular formula is C21H18ClN5O3S2. The number of hydrogen-bond acceptors (Lipinski definition) is 8. The summed E-state index contributed by atoms with van der Waals surface area (Å²) in [5.41, 5.74) is 1.21. The molecule has 4 aromatic rings. The Labute approximate surface area is 196 Å². The molecule has 8 nitrogen and oxygen atoms in total. The van der Waals surface area contributed by atoms with E-state index in [1.165, 1.54) is 27.7 Å². The molecule has 0 aliphatic heterocycles. The minimum absolute atomic E-state index is 0.0605. The fourth-order valence-electron chi connectivity index (χ4n) is 3.32. The van der Waals surface area contributed by atoms with Crippen LogP contribution >= 0.6 is 34.7 Å². The Balaban J connectivity index is 1.30. The molecule has 0 bridgehead atoms. The van der Waals surface area contributed by atoms with Gasteiger partial charge in [-0.1, -0.05) is 35.5 Å². The summed E-state index contributed by atoms with van der Waals surface area (Å²) in [5.74, 6) is 0.786. The second-order valence-corrected chi connectivity index (χ2v) is 9.68. The van der Waals surface area contributed by atoms with E-state index < -0.39 is 0 Å². The normalized spacial score (nSPS) is 13.6. The quantitative estimate of drug-likeness (QED) is 0.287. The van der Waals surface area contributed by atoms with Crippen molar-refractivity contribution < 1.29 is 9.21 Å². The van der Waals surface area contributed by atoms with Crippen molar-refractivity contribution in [1.29, 1.82) is 0 Å². The van der Waals surface area contributed by atoms with Crippen LogP contribution in [0.4, 0.5) is 0 Å². The number of benzene rings is 1. The smallest absolute Gasteiger partial charge is 0.271 e. The summed E-state index contributed by atoms with van der Waals surface area (Å²) in [4.78, 5) is 31.8. The molecule has 1 saturated carbocycles. The minimum atomic E-state index is -0.100. The van der Waals surface area contributed by atoms with Gasteiger partial charge in [0.25, 0.3) is 5.56 Å². The highest BCUT2D eigenvalue weighted by Gasteiger charge is 2.34. The summed E-state index contributed by atoms with van der Waals surface area (Å²) in [5, 5.41) is 11.1. The largest absolute Gasteiger partial charge is 0.419 e. The molecule has 0 saturated heterocycles. The number of thioether (sulfide) groups is 1. The third-order valence-corrected chi connectivity index (χ3v) is 7.39. The first-order chi connectivity index (χ1) is 15.5. The maximum Gasteiger partial charge on any atom is 0.271 e. The predicted molar refractivity (Wildman–Crippen MR) is 124 cm³/mol. The zero-order valence-corrected chi connectivity index (χ0v) is 19.4. The number of hydrogen-bond donors (Lipinski definition) is 0. The molecular weight excluding hydrogens is 470 g/mol. The van der Waals surface area contributed by atoms with Crippen LogP contribution in [-0.4, -0.2) is 42.4 Å². The van der Waals surface area contributed by atoms with Crippen molar-refractivity contribution in [3.63, 3.8) is 0 Å². The van der Waals surface area contributed by atoms with Gasteiger partial charge in [-0.05, 0) is 36.4 Å². The summed E-state index contributed by atoms with van der Waals surface area (Å²) in [6, 6.07) is 9.21. The lowest BCUT2D eigenvalue weighted by atomic mass is 10.2. The molecule has 0 spiro atoms. The Morgan fingerprint density at radius 2 is 2.12 bits per heavy atom. The molecule has 1 aliphatic carbocycles. The lowest BCUT2D eigenvalue weighted by Gasteiger charge is -2.20. The van der Waals surface area contributed by atoms with Gasteiger partial charge in [0.2, 0.25) is 17.7 Å². The molecule has 1 aromatic carbocycles. The molecule has 0 radical (unpaired) electrons. The number of thiophene rings is 1. The Morgan fingerprint density at radius 1 is 1.31 bits per heavy atom. The van der Waals surface area contributed by atoms with Crippen molar-refractivity contribution in [1.82, 2.24) is 24.6 Å². The maximum absolute atomic E-state index is 13.0. The molecule has 32 heavy (non-hydrogen) atoms. The lowest BCUT2D eigenvalue weighted by Crippen LogP contribution is -2.34. The first kappa shape index (κ1) is 21.2. The zero-order chi connectivity index (χ0) is 22.2. The van der Waals surface area contributed by atoms with Gasteiger partial charge < -0.3 is 9.32 Å². The number of aromatic nitrogens is 4. The standard InChI is InChI=1S/C21H18ClN5O3S2/c1-26-20(29)18-15(8-9-31-18)23-21(26)32-11-17(28)27(12-6-7-12)10-16-24-25-19(30-16)13-4-2-3-5-14(13)22/h2-5,8-9,12H,6-7,10-11H2,1H3. The molecule has 0 N–H and O–H groups in total. The number of amides is 1. The van der Waals surface area contributed by atoms with Crippen molar-refractivity contribution in [2.24, 2.45) is 7.05 Å². The van der Waals surface area contributed by atoms with E-state index in [2.05, 4.69) is 15.2 Å². The molecule has 3 heterocycles. The van der Waals surface area contributed by atoms with Crippen molar-refractivity contribution in [3.05, 3.63) is 57.0 Å². The number of halogens is 1. The minimum Gasteiger partial charge on any atom is -0.419 e. The first-order valence-electron chi connectivity index (χ1n) is 9.95. The van der Waals surface area contributed by atoms with Gasteiger partial charge in [0.1, 0.15) is 4.70 Å². The van der Waals surface area contributed by atoms with Gasteiger partial charge in [-0.3, -0.25) is 14.2 Å². The van der Waals surface area contributed by atoms with E-state index in [0.717, 1.165) is 12.8 Å². The van der Waals surface area contributed by atoms with E-state index in [0.29, 0.717) is 37.7 Å². The third kappa shape index (κ3) is 4.17. The average Bonchev–Trinajstić information content (AvgIpc) is 3.33. The van der Waals surface area contributed by atoms with Crippen LogP contribution in [0, 0.1) is 0 Å². The van der Waals surface area contributed by atoms with Crippen LogP contribution < -0.4 is 5.56 Å². The maximum atomic E-state index is 13.0. The fraction of sp³-hybridized carbons (Fsp3) is 0.286. The highest BCUT2D eigenvalue weighted by Crippen LogP contribution is 2.31. The lowest BCUT2D eigenvalue weighted by molar-refractivity contribution is -0.129. The summed E-state index contributed by atoms with van der Waals surface area (Å²) in [6.45, 7) is 0.234. The Bertz CT molecular complexity index is 1360. The third-order valence-electron chi connectivity index (χ3n) is 5.16. The summed E-state index contributed by atoms with van der Waals surface area (Å²) in [7, 11) is 1.68. The molecule has 1 amide bonds. The summed E-state index contributed by atoms with van der Waals surface area (Å²) < 4.78 is 7.89. The van der Waals surface area contributed by atoms with Gasteiger partial charge in [0.15, 0.2) is 5.16 Å². The van der Waals surface area contributed by atoms with Gasteiger partial charge in [0.05, 0.1) is 28.4 Å². The van der Waals surface area contributed by atoms with Gasteiger partial charge in [0, 0.05) is 13.1 Å². The number of rotatable bonds is 7.